The second-order valence-electron chi connectivity index (χ2n) is 5.63. The number of aryl methyl sites for hydroxylation is 1. The molecule has 2 aromatic rings. The molecule has 3 N–H and O–H groups in total. The fourth-order valence-electron chi connectivity index (χ4n) is 2.73. The van der Waals surface area contributed by atoms with Crippen molar-refractivity contribution >= 4 is 23.2 Å². The van der Waals surface area contributed by atoms with Crippen molar-refractivity contribution < 1.29 is 14.7 Å². The molecule has 0 aromatic carbocycles. The summed E-state index contributed by atoms with van der Waals surface area (Å²) in [6, 6.07) is 3.12. The number of hydrogen-bond acceptors (Lipinski definition) is 4. The lowest BCUT2D eigenvalue weighted by Crippen LogP contribution is -2.46. The zero-order valence-electron chi connectivity index (χ0n) is 12.2. The normalized spacial score (nSPS) is 21.7. The first-order chi connectivity index (χ1) is 10.5. The van der Waals surface area contributed by atoms with Crippen LogP contribution in [-0.2, 0) is 9.59 Å². The highest BCUT2D eigenvalue weighted by molar-refractivity contribution is 5.93. The van der Waals surface area contributed by atoms with Gasteiger partial charge in [0.2, 0.25) is 5.91 Å². The molecule has 0 aliphatic carbocycles. The summed E-state index contributed by atoms with van der Waals surface area (Å²) < 4.78 is 1.87. The zero-order chi connectivity index (χ0) is 15.7. The van der Waals surface area contributed by atoms with Crippen LogP contribution in [0.2, 0.25) is 0 Å². The van der Waals surface area contributed by atoms with Crippen LogP contribution >= 0.6 is 0 Å². The Bertz CT molecular complexity index is 717. The minimum absolute atomic E-state index is 0.0903. The molecule has 0 radical (unpaired) electrons. The van der Waals surface area contributed by atoms with Gasteiger partial charge >= 0.3 is 5.97 Å². The lowest BCUT2D eigenvalue weighted by molar-refractivity contribution is -0.141. The van der Waals surface area contributed by atoms with E-state index in [0.29, 0.717) is 25.1 Å². The zero-order valence-corrected chi connectivity index (χ0v) is 12.2. The molecule has 1 aliphatic heterocycles. The number of aliphatic carboxylic acids is 1. The quantitative estimate of drug-likeness (QED) is 0.787. The molecule has 22 heavy (non-hydrogen) atoms. The lowest BCUT2D eigenvalue weighted by atomic mass is 9.94. The van der Waals surface area contributed by atoms with Crippen molar-refractivity contribution in [2.24, 2.45) is 5.92 Å². The molecule has 2 aromatic heterocycles. The van der Waals surface area contributed by atoms with Crippen LogP contribution in [0.4, 0.5) is 5.69 Å². The van der Waals surface area contributed by atoms with Gasteiger partial charge in [-0.3, -0.25) is 9.59 Å². The minimum Gasteiger partial charge on any atom is -0.480 e. The average molecular weight is 302 g/mol. The second-order valence-corrected chi connectivity index (χ2v) is 5.63. The van der Waals surface area contributed by atoms with Gasteiger partial charge in [-0.15, -0.1) is 0 Å². The van der Waals surface area contributed by atoms with E-state index in [-0.39, 0.29) is 11.8 Å². The molecule has 2 atom stereocenters. The molecule has 7 nitrogen and oxygen atoms in total. The molecular weight excluding hydrogens is 284 g/mol. The number of fused-ring (bicyclic) bond motifs is 1. The van der Waals surface area contributed by atoms with Crippen molar-refractivity contribution in [3.8, 4) is 0 Å². The first kappa shape index (κ1) is 14.5. The molecule has 116 valence electrons. The SMILES string of the molecule is Cc1cn2cc(NC(=O)C3CCC(C(=O)O)NC3)ccc2n1. The van der Waals surface area contributed by atoms with Crippen molar-refractivity contribution in [3.05, 3.63) is 30.2 Å². The maximum Gasteiger partial charge on any atom is 0.320 e. The van der Waals surface area contributed by atoms with E-state index in [1.807, 2.05) is 35.9 Å². The van der Waals surface area contributed by atoms with Gasteiger partial charge < -0.3 is 20.1 Å². The van der Waals surface area contributed by atoms with Gasteiger partial charge in [0.15, 0.2) is 0 Å². The molecule has 3 rings (SSSR count). The number of pyridine rings is 1. The van der Waals surface area contributed by atoms with E-state index in [9.17, 15) is 9.59 Å². The molecule has 3 heterocycles. The summed E-state index contributed by atoms with van der Waals surface area (Å²) >= 11 is 0. The van der Waals surface area contributed by atoms with Crippen LogP contribution in [0, 0.1) is 12.8 Å². The average Bonchev–Trinajstić information content (AvgIpc) is 2.86. The highest BCUT2D eigenvalue weighted by Crippen LogP contribution is 2.18. The largest absolute Gasteiger partial charge is 0.480 e. The van der Waals surface area contributed by atoms with E-state index in [2.05, 4.69) is 15.6 Å². The summed E-state index contributed by atoms with van der Waals surface area (Å²) in [7, 11) is 0. The Morgan fingerprint density at radius 3 is 2.86 bits per heavy atom. The first-order valence-corrected chi connectivity index (χ1v) is 7.25. The fourth-order valence-corrected chi connectivity index (χ4v) is 2.73. The number of piperidine rings is 1. The van der Waals surface area contributed by atoms with Gasteiger partial charge in [-0.1, -0.05) is 0 Å². The van der Waals surface area contributed by atoms with Crippen LogP contribution < -0.4 is 10.6 Å². The summed E-state index contributed by atoms with van der Waals surface area (Å²) in [6.45, 7) is 2.30. The summed E-state index contributed by atoms with van der Waals surface area (Å²) in [5.74, 6) is -1.16. The molecule has 0 saturated carbocycles. The molecule has 2 unspecified atom stereocenters. The van der Waals surface area contributed by atoms with E-state index in [0.717, 1.165) is 11.3 Å². The van der Waals surface area contributed by atoms with Crippen molar-refractivity contribution in [2.75, 3.05) is 11.9 Å². The van der Waals surface area contributed by atoms with Gasteiger partial charge in [0.05, 0.1) is 17.3 Å². The Morgan fingerprint density at radius 1 is 1.36 bits per heavy atom. The number of aromatic nitrogens is 2. The van der Waals surface area contributed by atoms with Crippen molar-refractivity contribution in [3.63, 3.8) is 0 Å². The predicted molar refractivity (Wildman–Crippen MR) is 80.7 cm³/mol. The third-order valence-corrected chi connectivity index (χ3v) is 3.92. The maximum absolute atomic E-state index is 12.3. The van der Waals surface area contributed by atoms with Gasteiger partial charge in [0.25, 0.3) is 0 Å². The maximum atomic E-state index is 12.3. The lowest BCUT2D eigenvalue weighted by Gasteiger charge is -2.26. The van der Waals surface area contributed by atoms with Crippen LogP contribution in [-0.4, -0.2) is 39.0 Å². The smallest absolute Gasteiger partial charge is 0.320 e. The number of carboxylic acid groups (broad SMARTS) is 1. The molecule has 1 amide bonds. The number of carbonyl (C=O) groups is 2. The Morgan fingerprint density at radius 2 is 2.18 bits per heavy atom. The van der Waals surface area contributed by atoms with Gasteiger partial charge in [0, 0.05) is 18.9 Å². The van der Waals surface area contributed by atoms with Crippen LogP contribution in [0.25, 0.3) is 5.65 Å². The molecule has 1 saturated heterocycles. The Hall–Kier alpha value is -2.41. The molecule has 7 heteroatoms. The topological polar surface area (TPSA) is 95.7 Å². The van der Waals surface area contributed by atoms with E-state index >= 15 is 0 Å². The number of amides is 1. The number of carbonyl (C=O) groups excluding carboxylic acids is 1. The number of nitrogens with zero attached hydrogens (tertiary/aromatic N) is 2. The Labute approximate surface area is 127 Å². The van der Waals surface area contributed by atoms with Gasteiger partial charge in [-0.25, -0.2) is 4.98 Å². The molecule has 0 spiro atoms. The van der Waals surface area contributed by atoms with Crippen molar-refractivity contribution in [2.45, 2.75) is 25.8 Å². The summed E-state index contributed by atoms with van der Waals surface area (Å²) in [5.41, 5.74) is 2.45. The van der Waals surface area contributed by atoms with Crippen LogP contribution in [0.1, 0.15) is 18.5 Å². The first-order valence-electron chi connectivity index (χ1n) is 7.25. The highest BCUT2D eigenvalue weighted by atomic mass is 16.4. The molecule has 1 fully saturated rings. The second kappa shape index (κ2) is 5.76. The molecule has 1 aliphatic rings. The number of anilines is 1. The monoisotopic (exact) mass is 302 g/mol. The number of rotatable bonds is 3. The number of nitrogens with one attached hydrogen (secondary N) is 2. The Balaban J connectivity index is 1.64. The van der Waals surface area contributed by atoms with E-state index in [1.54, 1.807) is 0 Å². The highest BCUT2D eigenvalue weighted by Gasteiger charge is 2.29. The van der Waals surface area contributed by atoms with Gasteiger partial charge in [-0.05, 0) is 31.9 Å². The van der Waals surface area contributed by atoms with E-state index in [1.165, 1.54) is 0 Å². The number of carboxylic acids is 1. The van der Waals surface area contributed by atoms with Gasteiger partial charge in [0.1, 0.15) is 11.7 Å². The Kier molecular flexibility index (Phi) is 3.81. The molecule has 0 bridgehead atoms. The fraction of sp³-hybridized carbons (Fsp3) is 0.400. The van der Waals surface area contributed by atoms with Gasteiger partial charge in [-0.2, -0.15) is 0 Å². The summed E-state index contributed by atoms with van der Waals surface area (Å²) in [5, 5.41) is 14.7. The predicted octanol–water partition coefficient (Wildman–Crippen LogP) is 1.03. The minimum atomic E-state index is -0.861. The number of hydrogen-bond donors (Lipinski definition) is 3. The third kappa shape index (κ3) is 2.94. The third-order valence-electron chi connectivity index (χ3n) is 3.92. The van der Waals surface area contributed by atoms with E-state index in [4.69, 9.17) is 5.11 Å². The standard InChI is InChI=1S/C15H18N4O3/c1-9-7-19-8-11(3-5-13(19)17-9)18-14(20)10-2-4-12(15(21)22)16-6-10/h3,5,7-8,10,12,16H,2,4,6H2,1H3,(H,18,20)(H,21,22). The van der Waals surface area contributed by atoms with Crippen molar-refractivity contribution in [1.29, 1.82) is 0 Å². The van der Waals surface area contributed by atoms with Crippen LogP contribution in [0.15, 0.2) is 24.5 Å². The summed E-state index contributed by atoms with van der Waals surface area (Å²) in [6.07, 6.45) is 4.75. The summed E-state index contributed by atoms with van der Waals surface area (Å²) in [4.78, 5) is 27.5. The van der Waals surface area contributed by atoms with Crippen molar-refractivity contribution in [1.82, 2.24) is 14.7 Å². The van der Waals surface area contributed by atoms with Crippen LogP contribution in [0.3, 0.4) is 0 Å². The van der Waals surface area contributed by atoms with Crippen LogP contribution in [0.5, 0.6) is 0 Å². The van der Waals surface area contributed by atoms with E-state index < -0.39 is 12.0 Å². The molecular formula is C15H18N4O3. The number of imidazole rings is 1.